The number of rotatable bonds is 4. The van der Waals surface area contributed by atoms with E-state index in [9.17, 15) is 9.59 Å². The Kier molecular flexibility index (Phi) is 3.94. The van der Waals surface area contributed by atoms with Crippen LogP contribution in [-0.2, 0) is 14.3 Å². The molecule has 4 heteroatoms. The van der Waals surface area contributed by atoms with Gasteiger partial charge >= 0.3 is 5.97 Å². The van der Waals surface area contributed by atoms with Crippen LogP contribution in [-0.4, -0.2) is 24.5 Å². The molecule has 1 heterocycles. The van der Waals surface area contributed by atoms with Crippen molar-refractivity contribution in [2.45, 2.75) is 46.6 Å². The van der Waals surface area contributed by atoms with Crippen molar-refractivity contribution in [2.24, 2.45) is 11.3 Å². The highest BCUT2D eigenvalue weighted by Gasteiger charge is 2.51. The molecule has 92 valence electrons. The fourth-order valence-electron chi connectivity index (χ4n) is 2.55. The Labute approximate surface area is 96.7 Å². The Balaban J connectivity index is 2.96. The molecule has 1 aliphatic heterocycles. The third-order valence-corrected chi connectivity index (χ3v) is 3.70. The van der Waals surface area contributed by atoms with Gasteiger partial charge in [-0.15, -0.1) is 0 Å². The first-order valence-corrected chi connectivity index (χ1v) is 5.94. The second-order valence-electron chi connectivity index (χ2n) is 4.67. The van der Waals surface area contributed by atoms with Crippen LogP contribution in [0.2, 0.25) is 0 Å². The van der Waals surface area contributed by atoms with Crippen molar-refractivity contribution in [3.8, 4) is 0 Å². The van der Waals surface area contributed by atoms with Gasteiger partial charge in [-0.1, -0.05) is 20.8 Å². The van der Waals surface area contributed by atoms with Gasteiger partial charge in [-0.05, 0) is 19.3 Å². The van der Waals surface area contributed by atoms with Crippen LogP contribution in [0.25, 0.3) is 0 Å². The highest BCUT2D eigenvalue weighted by atomic mass is 16.5. The van der Waals surface area contributed by atoms with Crippen molar-refractivity contribution in [1.29, 1.82) is 0 Å². The summed E-state index contributed by atoms with van der Waals surface area (Å²) in [5, 5.41) is 2.75. The zero-order valence-corrected chi connectivity index (χ0v) is 10.5. The molecule has 0 aromatic heterocycles. The molecule has 0 saturated carbocycles. The Bertz CT molecular complexity index is 288. The number of amides is 1. The maximum Gasteiger partial charge on any atom is 0.329 e. The smallest absolute Gasteiger partial charge is 0.329 e. The number of ether oxygens (including phenoxy) is 1. The highest BCUT2D eigenvalue weighted by molar-refractivity contribution is 5.90. The molecule has 0 spiro atoms. The molecular weight excluding hydrogens is 206 g/mol. The third-order valence-electron chi connectivity index (χ3n) is 3.70. The Morgan fingerprint density at radius 2 is 2.19 bits per heavy atom. The van der Waals surface area contributed by atoms with Crippen molar-refractivity contribution in [2.75, 3.05) is 6.61 Å². The number of carbonyl (C=O) groups is 2. The fraction of sp³-hybridized carbons (Fsp3) is 0.833. The predicted octanol–water partition coefficient (Wildman–Crippen LogP) is 1.49. The summed E-state index contributed by atoms with van der Waals surface area (Å²) < 4.78 is 5.03. The van der Waals surface area contributed by atoms with E-state index >= 15 is 0 Å². The van der Waals surface area contributed by atoms with Crippen molar-refractivity contribution in [1.82, 2.24) is 5.32 Å². The van der Waals surface area contributed by atoms with Gasteiger partial charge in [-0.3, -0.25) is 4.79 Å². The molecule has 0 bridgehead atoms. The van der Waals surface area contributed by atoms with Gasteiger partial charge < -0.3 is 10.1 Å². The summed E-state index contributed by atoms with van der Waals surface area (Å²) in [4.78, 5) is 23.4. The molecule has 0 aromatic carbocycles. The van der Waals surface area contributed by atoms with E-state index in [4.69, 9.17) is 4.74 Å². The summed E-state index contributed by atoms with van der Waals surface area (Å²) in [6, 6.07) is -0.482. The topological polar surface area (TPSA) is 55.4 Å². The van der Waals surface area contributed by atoms with Gasteiger partial charge in [0, 0.05) is 11.8 Å². The largest absolute Gasteiger partial charge is 0.464 e. The van der Waals surface area contributed by atoms with Crippen LogP contribution in [0.1, 0.15) is 40.5 Å². The zero-order valence-electron chi connectivity index (χ0n) is 10.5. The SMILES string of the molecule is CCOC(=O)C1NC(=O)CC1(CC)C(C)C. The quantitative estimate of drug-likeness (QED) is 0.740. The number of hydrogen-bond donors (Lipinski definition) is 1. The molecule has 1 aliphatic rings. The van der Waals surface area contributed by atoms with Gasteiger partial charge in [0.1, 0.15) is 6.04 Å². The Morgan fingerprint density at radius 3 is 2.62 bits per heavy atom. The Hall–Kier alpha value is -1.06. The van der Waals surface area contributed by atoms with Gasteiger partial charge in [-0.2, -0.15) is 0 Å². The number of esters is 1. The van der Waals surface area contributed by atoms with Crippen molar-refractivity contribution in [3.05, 3.63) is 0 Å². The first-order chi connectivity index (χ1) is 7.47. The summed E-state index contributed by atoms with van der Waals surface area (Å²) >= 11 is 0. The van der Waals surface area contributed by atoms with Crippen molar-refractivity contribution < 1.29 is 14.3 Å². The highest BCUT2D eigenvalue weighted by Crippen LogP contribution is 2.42. The lowest BCUT2D eigenvalue weighted by molar-refractivity contribution is -0.149. The fourth-order valence-corrected chi connectivity index (χ4v) is 2.55. The molecular formula is C12H21NO3. The molecule has 2 unspecified atom stereocenters. The summed E-state index contributed by atoms with van der Waals surface area (Å²) in [6.45, 7) is 8.25. The average Bonchev–Trinajstić information content (AvgIpc) is 2.57. The maximum atomic E-state index is 11.8. The maximum absolute atomic E-state index is 11.8. The van der Waals surface area contributed by atoms with Gasteiger partial charge in [0.15, 0.2) is 0 Å². The molecule has 1 amide bonds. The molecule has 1 fully saturated rings. The standard InChI is InChI=1S/C12H21NO3/c1-5-12(8(3)4)7-9(14)13-10(12)11(15)16-6-2/h8,10H,5-7H2,1-4H3,(H,13,14). The van der Waals surface area contributed by atoms with E-state index in [1.54, 1.807) is 6.92 Å². The molecule has 16 heavy (non-hydrogen) atoms. The summed E-state index contributed by atoms with van der Waals surface area (Å²) in [5.41, 5.74) is -0.288. The third kappa shape index (κ3) is 2.06. The van der Waals surface area contributed by atoms with E-state index in [-0.39, 0.29) is 23.2 Å². The first-order valence-electron chi connectivity index (χ1n) is 5.94. The second-order valence-corrected chi connectivity index (χ2v) is 4.67. The van der Waals surface area contributed by atoms with Crippen LogP contribution < -0.4 is 5.32 Å². The van der Waals surface area contributed by atoms with Crippen molar-refractivity contribution >= 4 is 11.9 Å². The van der Waals surface area contributed by atoms with E-state index in [0.717, 1.165) is 6.42 Å². The monoisotopic (exact) mass is 227 g/mol. The Morgan fingerprint density at radius 1 is 1.56 bits per heavy atom. The normalized spacial score (nSPS) is 29.3. The van der Waals surface area contributed by atoms with E-state index in [2.05, 4.69) is 19.2 Å². The van der Waals surface area contributed by atoms with E-state index in [1.165, 1.54) is 0 Å². The minimum Gasteiger partial charge on any atom is -0.464 e. The van der Waals surface area contributed by atoms with Crippen LogP contribution in [0.3, 0.4) is 0 Å². The first kappa shape index (κ1) is 13.0. The molecule has 1 N–H and O–H groups in total. The van der Waals surface area contributed by atoms with Crippen LogP contribution in [0.4, 0.5) is 0 Å². The van der Waals surface area contributed by atoms with Gasteiger partial charge in [0.2, 0.25) is 5.91 Å². The summed E-state index contributed by atoms with van der Waals surface area (Å²) in [7, 11) is 0. The van der Waals surface area contributed by atoms with Gasteiger partial charge in [-0.25, -0.2) is 4.79 Å². The van der Waals surface area contributed by atoms with E-state index < -0.39 is 6.04 Å². The lowest BCUT2D eigenvalue weighted by atomic mass is 9.69. The summed E-state index contributed by atoms with van der Waals surface area (Å²) in [5.74, 6) is -0.0802. The van der Waals surface area contributed by atoms with Crippen LogP contribution in [0, 0.1) is 11.3 Å². The minimum absolute atomic E-state index is 0.0476. The number of nitrogens with one attached hydrogen (secondary N) is 1. The molecule has 0 radical (unpaired) electrons. The van der Waals surface area contributed by atoms with Crippen LogP contribution >= 0.6 is 0 Å². The van der Waals surface area contributed by atoms with E-state index in [1.807, 2.05) is 6.92 Å². The number of carbonyl (C=O) groups excluding carboxylic acids is 2. The van der Waals surface area contributed by atoms with Crippen LogP contribution in [0.5, 0.6) is 0 Å². The molecule has 1 rings (SSSR count). The zero-order chi connectivity index (χ0) is 12.3. The van der Waals surface area contributed by atoms with Crippen molar-refractivity contribution in [3.63, 3.8) is 0 Å². The minimum atomic E-state index is -0.482. The van der Waals surface area contributed by atoms with E-state index in [0.29, 0.717) is 13.0 Å². The molecule has 1 saturated heterocycles. The lowest BCUT2D eigenvalue weighted by Gasteiger charge is -2.35. The summed E-state index contributed by atoms with van der Waals surface area (Å²) in [6.07, 6.45) is 1.22. The van der Waals surface area contributed by atoms with Gasteiger partial charge in [0.05, 0.1) is 6.61 Å². The molecule has 2 atom stereocenters. The predicted molar refractivity (Wildman–Crippen MR) is 60.7 cm³/mol. The van der Waals surface area contributed by atoms with Crippen LogP contribution in [0.15, 0.2) is 0 Å². The molecule has 0 aliphatic carbocycles. The lowest BCUT2D eigenvalue weighted by Crippen LogP contribution is -2.47. The van der Waals surface area contributed by atoms with Gasteiger partial charge in [0.25, 0.3) is 0 Å². The second kappa shape index (κ2) is 4.85. The number of hydrogen-bond acceptors (Lipinski definition) is 3. The molecule has 0 aromatic rings. The molecule has 4 nitrogen and oxygen atoms in total. The average molecular weight is 227 g/mol.